The number of likely N-dealkylation sites (N-methyl/N-ethyl adjacent to an activating group) is 1. The molecule has 1 N–H and O–H groups in total. The van der Waals surface area contributed by atoms with E-state index in [4.69, 9.17) is 27.9 Å². The van der Waals surface area contributed by atoms with Gasteiger partial charge in [0.2, 0.25) is 0 Å². The summed E-state index contributed by atoms with van der Waals surface area (Å²) >= 11 is 12.4. The number of ether oxygens (including phenoxy) is 1. The van der Waals surface area contributed by atoms with Crippen molar-refractivity contribution in [2.24, 2.45) is 0 Å². The maximum absolute atomic E-state index is 6.26. The first-order valence-corrected chi connectivity index (χ1v) is 7.16. The summed E-state index contributed by atoms with van der Waals surface area (Å²) in [4.78, 5) is 6.57. The molecule has 0 amide bonds. The maximum atomic E-state index is 6.26. The summed E-state index contributed by atoms with van der Waals surface area (Å²) in [5.74, 6) is 0. The van der Waals surface area contributed by atoms with Gasteiger partial charge in [-0.3, -0.25) is 4.90 Å². The largest absolute Gasteiger partial charge is 0.374 e. The van der Waals surface area contributed by atoms with Crippen molar-refractivity contribution in [1.82, 2.24) is 15.2 Å². The van der Waals surface area contributed by atoms with E-state index in [1.165, 1.54) is 0 Å². The lowest BCUT2D eigenvalue weighted by atomic mass is 10.2. The Morgan fingerprint density at radius 3 is 3.00 bits per heavy atom. The molecule has 2 heterocycles. The molecular formula is C13H19Cl2N3O. The van der Waals surface area contributed by atoms with Crippen LogP contribution in [0.5, 0.6) is 0 Å². The third-order valence-corrected chi connectivity index (χ3v) is 3.83. The molecule has 0 saturated carbocycles. The zero-order valence-electron chi connectivity index (χ0n) is 11.2. The van der Waals surface area contributed by atoms with Crippen LogP contribution < -0.4 is 5.32 Å². The van der Waals surface area contributed by atoms with Crippen molar-refractivity contribution in [1.29, 1.82) is 0 Å². The van der Waals surface area contributed by atoms with Crippen molar-refractivity contribution in [3.63, 3.8) is 0 Å². The Morgan fingerprint density at radius 2 is 2.32 bits per heavy atom. The van der Waals surface area contributed by atoms with Gasteiger partial charge in [-0.05, 0) is 20.0 Å². The van der Waals surface area contributed by atoms with Gasteiger partial charge < -0.3 is 10.1 Å². The molecule has 1 fully saturated rings. The molecule has 1 aliphatic heterocycles. The summed E-state index contributed by atoms with van der Waals surface area (Å²) in [5.41, 5.74) is 1.74. The average Bonchev–Trinajstić information content (AvgIpc) is 2.35. The van der Waals surface area contributed by atoms with Gasteiger partial charge in [0.15, 0.2) is 0 Å². The summed E-state index contributed by atoms with van der Waals surface area (Å²) < 4.78 is 5.68. The van der Waals surface area contributed by atoms with Gasteiger partial charge in [-0.1, -0.05) is 23.2 Å². The fourth-order valence-electron chi connectivity index (χ4n) is 2.26. The van der Waals surface area contributed by atoms with Gasteiger partial charge in [0, 0.05) is 42.5 Å². The Morgan fingerprint density at radius 1 is 1.53 bits per heavy atom. The normalized spacial score (nSPS) is 20.7. The van der Waals surface area contributed by atoms with Crippen molar-refractivity contribution >= 4 is 23.2 Å². The number of aryl methyl sites for hydroxylation is 1. The molecule has 0 aliphatic carbocycles. The lowest BCUT2D eigenvalue weighted by Gasteiger charge is -2.33. The molecule has 1 aromatic rings. The molecule has 1 unspecified atom stereocenters. The van der Waals surface area contributed by atoms with E-state index in [2.05, 4.69) is 15.2 Å². The number of morpholine rings is 1. The number of pyridine rings is 1. The van der Waals surface area contributed by atoms with Gasteiger partial charge in [-0.25, -0.2) is 4.98 Å². The minimum atomic E-state index is 0.217. The Bertz CT molecular complexity index is 417. The second-order valence-electron chi connectivity index (χ2n) is 4.80. The fourth-order valence-corrected chi connectivity index (χ4v) is 2.91. The van der Waals surface area contributed by atoms with E-state index in [1.807, 2.05) is 20.0 Å². The van der Waals surface area contributed by atoms with Crippen LogP contribution in [0.15, 0.2) is 6.07 Å². The average molecular weight is 304 g/mol. The smallest absolute Gasteiger partial charge is 0.135 e. The SMILES string of the molecule is CNCC1CN(Cc2c(Cl)cc(C)nc2Cl)CCO1. The highest BCUT2D eigenvalue weighted by molar-refractivity contribution is 6.35. The molecule has 0 spiro atoms. The van der Waals surface area contributed by atoms with E-state index < -0.39 is 0 Å². The third-order valence-electron chi connectivity index (χ3n) is 3.18. The molecule has 1 aliphatic rings. The number of rotatable bonds is 4. The van der Waals surface area contributed by atoms with Crippen LogP contribution in [-0.4, -0.2) is 49.3 Å². The van der Waals surface area contributed by atoms with Crippen molar-refractivity contribution in [3.8, 4) is 0 Å². The Labute approximate surface area is 124 Å². The molecule has 19 heavy (non-hydrogen) atoms. The van der Waals surface area contributed by atoms with Crippen molar-refractivity contribution in [2.75, 3.05) is 33.3 Å². The molecule has 0 radical (unpaired) electrons. The second-order valence-corrected chi connectivity index (χ2v) is 5.57. The predicted molar refractivity (Wildman–Crippen MR) is 77.9 cm³/mol. The van der Waals surface area contributed by atoms with Crippen molar-refractivity contribution in [3.05, 3.63) is 27.5 Å². The molecule has 4 nitrogen and oxygen atoms in total. The van der Waals surface area contributed by atoms with Crippen LogP contribution >= 0.6 is 23.2 Å². The van der Waals surface area contributed by atoms with Crippen LogP contribution in [0.3, 0.4) is 0 Å². The van der Waals surface area contributed by atoms with Crippen molar-refractivity contribution in [2.45, 2.75) is 19.6 Å². The first kappa shape index (κ1) is 15.0. The van der Waals surface area contributed by atoms with Crippen LogP contribution in [0.2, 0.25) is 10.2 Å². The van der Waals surface area contributed by atoms with Gasteiger partial charge in [0.25, 0.3) is 0 Å². The molecule has 1 aromatic heterocycles. The topological polar surface area (TPSA) is 37.4 Å². The molecule has 106 valence electrons. The van der Waals surface area contributed by atoms with E-state index >= 15 is 0 Å². The van der Waals surface area contributed by atoms with E-state index in [0.717, 1.165) is 37.5 Å². The fraction of sp³-hybridized carbons (Fsp3) is 0.615. The summed E-state index contributed by atoms with van der Waals surface area (Å²) in [6.45, 7) is 5.96. The van der Waals surface area contributed by atoms with Crippen LogP contribution in [0, 0.1) is 6.92 Å². The van der Waals surface area contributed by atoms with E-state index in [0.29, 0.717) is 16.7 Å². The monoisotopic (exact) mass is 303 g/mol. The second kappa shape index (κ2) is 6.86. The molecule has 1 saturated heterocycles. The Kier molecular flexibility index (Phi) is 5.42. The summed E-state index contributed by atoms with van der Waals surface area (Å²) in [5, 5.41) is 4.33. The number of hydrogen-bond acceptors (Lipinski definition) is 4. The standard InChI is InChI=1S/C13H19Cl2N3O/c1-9-5-12(14)11(13(15)17-9)8-18-3-4-19-10(7-18)6-16-2/h5,10,16H,3-4,6-8H2,1-2H3. The first-order chi connectivity index (χ1) is 9.10. The number of nitrogens with zero attached hydrogens (tertiary/aromatic N) is 2. The Balaban J connectivity index is 2.04. The molecule has 0 bridgehead atoms. The molecule has 6 heteroatoms. The van der Waals surface area contributed by atoms with Crippen molar-refractivity contribution < 1.29 is 4.74 Å². The summed E-state index contributed by atoms with van der Waals surface area (Å²) in [6, 6.07) is 1.86. The quantitative estimate of drug-likeness (QED) is 0.865. The molecular weight excluding hydrogens is 285 g/mol. The van der Waals surface area contributed by atoms with Crippen LogP contribution in [0.25, 0.3) is 0 Å². The van der Waals surface area contributed by atoms with Gasteiger partial charge in [-0.2, -0.15) is 0 Å². The third kappa shape index (κ3) is 4.04. The highest BCUT2D eigenvalue weighted by Gasteiger charge is 2.21. The summed E-state index contributed by atoms with van der Waals surface area (Å²) in [7, 11) is 1.93. The van der Waals surface area contributed by atoms with Gasteiger partial charge >= 0.3 is 0 Å². The van der Waals surface area contributed by atoms with Crippen LogP contribution in [-0.2, 0) is 11.3 Å². The minimum Gasteiger partial charge on any atom is -0.374 e. The van der Waals surface area contributed by atoms with Crippen LogP contribution in [0.1, 0.15) is 11.3 Å². The number of nitrogens with one attached hydrogen (secondary N) is 1. The molecule has 1 atom stereocenters. The first-order valence-electron chi connectivity index (χ1n) is 6.40. The molecule has 0 aromatic carbocycles. The van der Waals surface area contributed by atoms with Gasteiger partial charge in [0.1, 0.15) is 5.15 Å². The number of aromatic nitrogens is 1. The predicted octanol–water partition coefficient (Wildman–Crippen LogP) is 2.12. The number of hydrogen-bond donors (Lipinski definition) is 1. The Hall–Kier alpha value is -0.390. The van der Waals surface area contributed by atoms with E-state index in [9.17, 15) is 0 Å². The van der Waals surface area contributed by atoms with Gasteiger partial charge in [0.05, 0.1) is 12.7 Å². The number of halogens is 2. The minimum absolute atomic E-state index is 0.217. The molecule has 2 rings (SSSR count). The van der Waals surface area contributed by atoms with E-state index in [1.54, 1.807) is 0 Å². The lowest BCUT2D eigenvalue weighted by Crippen LogP contribution is -2.45. The zero-order valence-corrected chi connectivity index (χ0v) is 12.8. The zero-order chi connectivity index (χ0) is 13.8. The summed E-state index contributed by atoms with van der Waals surface area (Å²) in [6.07, 6.45) is 0.217. The maximum Gasteiger partial charge on any atom is 0.135 e. The lowest BCUT2D eigenvalue weighted by molar-refractivity contribution is -0.0291. The van der Waals surface area contributed by atoms with Crippen LogP contribution in [0.4, 0.5) is 0 Å². The van der Waals surface area contributed by atoms with Gasteiger partial charge in [-0.15, -0.1) is 0 Å². The highest BCUT2D eigenvalue weighted by atomic mass is 35.5. The highest BCUT2D eigenvalue weighted by Crippen LogP contribution is 2.25. The van der Waals surface area contributed by atoms with E-state index in [-0.39, 0.29) is 6.10 Å².